The summed E-state index contributed by atoms with van der Waals surface area (Å²) in [6.07, 6.45) is 3.15. The van der Waals surface area contributed by atoms with Crippen LogP contribution >= 0.6 is 15.9 Å². The zero-order chi connectivity index (χ0) is 18.1. The average molecular weight is 420 g/mol. The lowest BCUT2D eigenvalue weighted by Gasteiger charge is -2.25. The highest BCUT2D eigenvalue weighted by molar-refractivity contribution is 9.10. The summed E-state index contributed by atoms with van der Waals surface area (Å²) in [7, 11) is -4.24. The number of nitrogens with two attached hydrogens (primary N) is 1. The average Bonchev–Trinajstić information content (AvgIpc) is 2.45. The Balaban J connectivity index is 2.29. The minimum atomic E-state index is -4.24. The highest BCUT2D eigenvalue weighted by Crippen LogP contribution is 2.33. The maximum absolute atomic E-state index is 12.4. The molecule has 1 aromatic rings. The molecule has 2 atom stereocenters. The van der Waals surface area contributed by atoms with E-state index in [1.807, 2.05) is 11.6 Å². The van der Waals surface area contributed by atoms with Crippen LogP contribution in [0.15, 0.2) is 21.5 Å². The fourth-order valence-electron chi connectivity index (χ4n) is 2.87. The standard InChI is InChI=1S/C14H18BrN3O5S/c1-8-3-2-4-9(5-8)14(19)17-24(22,23)13-7-12(18(20)21)11(16)6-10(13)15/h6-9H,2-5,16H2,1H3,(H,17,19). The number of carbonyl (C=O) groups excluding carboxylic acids is 1. The van der Waals surface area contributed by atoms with Crippen molar-refractivity contribution in [3.8, 4) is 0 Å². The lowest BCUT2D eigenvalue weighted by molar-refractivity contribution is -0.384. The Labute approximate surface area is 148 Å². The summed E-state index contributed by atoms with van der Waals surface area (Å²) in [4.78, 5) is 22.1. The first-order valence-electron chi connectivity index (χ1n) is 7.42. The van der Waals surface area contributed by atoms with Gasteiger partial charge in [-0.2, -0.15) is 0 Å². The van der Waals surface area contributed by atoms with E-state index in [2.05, 4.69) is 15.9 Å². The molecule has 0 spiro atoms. The van der Waals surface area contributed by atoms with Gasteiger partial charge in [0.25, 0.3) is 15.7 Å². The van der Waals surface area contributed by atoms with E-state index >= 15 is 0 Å². The molecule has 0 radical (unpaired) electrons. The Bertz CT molecular complexity index is 781. The number of rotatable bonds is 4. The number of carbonyl (C=O) groups is 1. The molecule has 3 N–H and O–H groups in total. The summed E-state index contributed by atoms with van der Waals surface area (Å²) in [5, 5.41) is 10.9. The molecule has 1 aliphatic rings. The van der Waals surface area contributed by atoms with Crippen molar-refractivity contribution in [1.82, 2.24) is 4.72 Å². The molecule has 2 unspecified atom stereocenters. The monoisotopic (exact) mass is 419 g/mol. The van der Waals surface area contributed by atoms with Gasteiger partial charge in [-0.3, -0.25) is 14.9 Å². The van der Waals surface area contributed by atoms with E-state index in [-0.39, 0.29) is 21.0 Å². The Morgan fingerprint density at radius 2 is 2.08 bits per heavy atom. The maximum Gasteiger partial charge on any atom is 0.293 e. The molecule has 132 valence electrons. The molecule has 0 heterocycles. The Morgan fingerprint density at radius 1 is 1.42 bits per heavy atom. The predicted molar refractivity (Wildman–Crippen MR) is 91.7 cm³/mol. The van der Waals surface area contributed by atoms with Gasteiger partial charge in [0.2, 0.25) is 5.91 Å². The molecule has 1 aromatic carbocycles. The third-order valence-electron chi connectivity index (χ3n) is 4.11. The van der Waals surface area contributed by atoms with Crippen molar-refractivity contribution in [3.05, 3.63) is 26.7 Å². The van der Waals surface area contributed by atoms with Crippen molar-refractivity contribution in [3.63, 3.8) is 0 Å². The number of benzene rings is 1. The van der Waals surface area contributed by atoms with E-state index < -0.39 is 26.5 Å². The van der Waals surface area contributed by atoms with Crippen molar-refractivity contribution in [2.24, 2.45) is 11.8 Å². The van der Waals surface area contributed by atoms with E-state index in [1.54, 1.807) is 0 Å². The quantitative estimate of drug-likeness (QED) is 0.437. The van der Waals surface area contributed by atoms with Crippen LogP contribution in [0.3, 0.4) is 0 Å². The van der Waals surface area contributed by atoms with Gasteiger partial charge in [0, 0.05) is 16.5 Å². The molecule has 2 rings (SSSR count). The molecule has 1 saturated carbocycles. The number of anilines is 1. The third kappa shape index (κ3) is 4.04. The number of sulfonamides is 1. The van der Waals surface area contributed by atoms with E-state index in [0.29, 0.717) is 18.8 Å². The summed E-state index contributed by atoms with van der Waals surface area (Å²) in [5.41, 5.74) is 4.82. The van der Waals surface area contributed by atoms with Crippen LogP contribution in [0.2, 0.25) is 0 Å². The molecule has 0 bridgehead atoms. The van der Waals surface area contributed by atoms with Crippen LogP contribution in [0.4, 0.5) is 11.4 Å². The van der Waals surface area contributed by atoms with Gasteiger partial charge in [-0.15, -0.1) is 0 Å². The zero-order valence-electron chi connectivity index (χ0n) is 13.0. The number of nitro benzene ring substituents is 1. The summed E-state index contributed by atoms with van der Waals surface area (Å²) in [6, 6.07) is 1.98. The molecular weight excluding hydrogens is 402 g/mol. The van der Waals surface area contributed by atoms with Crippen molar-refractivity contribution < 1.29 is 18.1 Å². The predicted octanol–water partition coefficient (Wildman–Crippen LogP) is 2.57. The molecule has 24 heavy (non-hydrogen) atoms. The Kier molecular flexibility index (Phi) is 5.49. The molecule has 1 aliphatic carbocycles. The van der Waals surface area contributed by atoms with Crippen molar-refractivity contribution >= 4 is 43.2 Å². The number of nitrogens with zero attached hydrogens (tertiary/aromatic N) is 1. The van der Waals surface area contributed by atoms with Gasteiger partial charge in [-0.05, 0) is 40.8 Å². The van der Waals surface area contributed by atoms with Crippen LogP contribution in [0.25, 0.3) is 0 Å². The molecular formula is C14H18BrN3O5S. The van der Waals surface area contributed by atoms with Gasteiger partial charge in [0.1, 0.15) is 10.6 Å². The van der Waals surface area contributed by atoms with Crippen LogP contribution in [-0.4, -0.2) is 19.2 Å². The smallest absolute Gasteiger partial charge is 0.293 e. The second-order valence-corrected chi connectivity index (χ2v) is 8.54. The van der Waals surface area contributed by atoms with Crippen LogP contribution < -0.4 is 10.5 Å². The summed E-state index contributed by atoms with van der Waals surface area (Å²) < 4.78 is 27.0. The van der Waals surface area contributed by atoms with Crippen LogP contribution in [0, 0.1) is 22.0 Å². The van der Waals surface area contributed by atoms with Gasteiger partial charge in [0.15, 0.2) is 0 Å². The number of nitro groups is 1. The van der Waals surface area contributed by atoms with Gasteiger partial charge in [0.05, 0.1) is 4.92 Å². The second-order valence-electron chi connectivity index (χ2n) is 6.04. The van der Waals surface area contributed by atoms with Crippen molar-refractivity contribution in [2.75, 3.05) is 5.73 Å². The normalized spacial score (nSPS) is 21.2. The molecule has 0 aliphatic heterocycles. The van der Waals surface area contributed by atoms with E-state index in [4.69, 9.17) is 5.73 Å². The number of nitrogens with one attached hydrogen (secondary N) is 1. The van der Waals surface area contributed by atoms with Crippen LogP contribution in [-0.2, 0) is 14.8 Å². The lowest BCUT2D eigenvalue weighted by Crippen LogP contribution is -2.37. The number of nitrogen functional groups attached to an aromatic ring is 1. The van der Waals surface area contributed by atoms with Gasteiger partial charge >= 0.3 is 0 Å². The molecule has 0 saturated heterocycles. The molecule has 8 nitrogen and oxygen atoms in total. The third-order valence-corrected chi connectivity index (χ3v) is 6.41. The highest BCUT2D eigenvalue weighted by Gasteiger charge is 2.30. The molecule has 1 fully saturated rings. The van der Waals surface area contributed by atoms with Gasteiger partial charge < -0.3 is 5.73 Å². The Morgan fingerprint density at radius 3 is 2.67 bits per heavy atom. The summed E-state index contributed by atoms with van der Waals surface area (Å²) in [5.74, 6) is -0.583. The first-order valence-corrected chi connectivity index (χ1v) is 9.69. The SMILES string of the molecule is CC1CCCC(C(=O)NS(=O)(=O)c2cc([N+](=O)[O-])c(N)cc2Br)C1. The van der Waals surface area contributed by atoms with Crippen LogP contribution in [0.1, 0.15) is 32.6 Å². The van der Waals surface area contributed by atoms with Crippen molar-refractivity contribution in [2.45, 2.75) is 37.5 Å². The summed E-state index contributed by atoms with van der Waals surface area (Å²) >= 11 is 3.03. The number of hydrogen-bond acceptors (Lipinski definition) is 6. The van der Waals surface area contributed by atoms with Gasteiger partial charge in [-0.1, -0.05) is 19.8 Å². The highest BCUT2D eigenvalue weighted by atomic mass is 79.9. The first-order chi connectivity index (χ1) is 11.1. The minimum absolute atomic E-state index is 0.0583. The Hall–Kier alpha value is -1.68. The van der Waals surface area contributed by atoms with Gasteiger partial charge in [-0.25, -0.2) is 13.1 Å². The fourth-order valence-corrected chi connectivity index (χ4v) is 4.99. The van der Waals surface area contributed by atoms with E-state index in [1.165, 1.54) is 0 Å². The van der Waals surface area contributed by atoms with Crippen LogP contribution in [0.5, 0.6) is 0 Å². The first kappa shape index (κ1) is 18.7. The lowest BCUT2D eigenvalue weighted by atomic mass is 9.82. The molecule has 0 aromatic heterocycles. The minimum Gasteiger partial charge on any atom is -0.393 e. The maximum atomic E-state index is 12.4. The summed E-state index contributed by atoms with van der Waals surface area (Å²) in [6.45, 7) is 2.02. The molecule has 1 amide bonds. The molecule has 10 heteroatoms. The number of halogens is 1. The second kappa shape index (κ2) is 7.06. The van der Waals surface area contributed by atoms with E-state index in [9.17, 15) is 23.3 Å². The largest absolute Gasteiger partial charge is 0.393 e. The topological polar surface area (TPSA) is 132 Å². The number of amides is 1. The van der Waals surface area contributed by atoms with Crippen molar-refractivity contribution in [1.29, 1.82) is 0 Å². The fraction of sp³-hybridized carbons (Fsp3) is 0.500. The van der Waals surface area contributed by atoms with E-state index in [0.717, 1.165) is 25.0 Å². The number of hydrogen-bond donors (Lipinski definition) is 2. The zero-order valence-corrected chi connectivity index (χ0v) is 15.4.